The first kappa shape index (κ1) is 32.6. The van der Waals surface area contributed by atoms with E-state index in [2.05, 4.69) is 19.4 Å². The van der Waals surface area contributed by atoms with E-state index in [1.54, 1.807) is 42.5 Å². The summed E-state index contributed by atoms with van der Waals surface area (Å²) in [6.45, 7) is -0.157. The molecule has 14 heteroatoms. The summed E-state index contributed by atoms with van der Waals surface area (Å²) in [5.41, 5.74) is 2.33. The zero-order valence-corrected chi connectivity index (χ0v) is 27.1. The van der Waals surface area contributed by atoms with Crippen LogP contribution in [0.15, 0.2) is 97.1 Å². The Hall–Kier alpha value is -3.84. The second kappa shape index (κ2) is 15.0. The molecule has 0 saturated carbocycles. The van der Waals surface area contributed by atoms with Crippen molar-refractivity contribution < 1.29 is 18.4 Å². The van der Waals surface area contributed by atoms with Crippen LogP contribution in [0, 0.1) is 0 Å². The van der Waals surface area contributed by atoms with Gasteiger partial charge in [0.1, 0.15) is 5.69 Å². The Bertz CT molecular complexity index is 1840. The van der Waals surface area contributed by atoms with E-state index >= 15 is 0 Å². The van der Waals surface area contributed by atoms with E-state index in [4.69, 9.17) is 34.8 Å². The molecule has 2 atom stereocenters. The molecular weight excluding hydrogens is 677 g/mol. The van der Waals surface area contributed by atoms with Gasteiger partial charge in [0.2, 0.25) is 5.91 Å². The summed E-state index contributed by atoms with van der Waals surface area (Å²) in [7, 11) is 0. The molecule has 9 nitrogen and oxygen atoms in total. The molecule has 5 rings (SSSR count). The SMILES string of the molecule is O=C(NCC(C(=O)Nc1ccccc1)c1ccc(Cl)c(Cl)c1)c1ccc(Cl)cc1N(c1nsnc1Cc1ccccc1)S(=O)[O-]. The predicted molar refractivity (Wildman–Crippen MR) is 178 cm³/mol. The number of nitrogens with one attached hydrogen (secondary N) is 2. The molecule has 0 bridgehead atoms. The Balaban J connectivity index is 1.44. The lowest BCUT2D eigenvalue weighted by Gasteiger charge is -2.27. The number of halogens is 3. The van der Waals surface area contributed by atoms with Crippen molar-refractivity contribution in [1.82, 2.24) is 14.1 Å². The van der Waals surface area contributed by atoms with Gasteiger partial charge in [-0.15, -0.1) is 0 Å². The number of aromatic nitrogens is 2. The maximum Gasteiger partial charge on any atom is 0.253 e. The highest BCUT2D eigenvalue weighted by atomic mass is 35.5. The van der Waals surface area contributed by atoms with Crippen molar-refractivity contribution in [3.8, 4) is 0 Å². The van der Waals surface area contributed by atoms with Crippen LogP contribution in [0.1, 0.15) is 33.1 Å². The zero-order valence-electron chi connectivity index (χ0n) is 23.2. The van der Waals surface area contributed by atoms with Gasteiger partial charge in [-0.1, -0.05) is 89.4 Å². The first-order chi connectivity index (χ1) is 21.7. The van der Waals surface area contributed by atoms with Crippen molar-refractivity contribution >= 4 is 86.8 Å². The summed E-state index contributed by atoms with van der Waals surface area (Å²) < 4.78 is 34.8. The number of rotatable bonds is 11. The average Bonchev–Trinajstić information content (AvgIpc) is 3.47. The first-order valence-electron chi connectivity index (χ1n) is 13.3. The van der Waals surface area contributed by atoms with Gasteiger partial charge in [0.15, 0.2) is 5.82 Å². The summed E-state index contributed by atoms with van der Waals surface area (Å²) in [4.78, 5) is 27.1. The van der Waals surface area contributed by atoms with Gasteiger partial charge in [-0.2, -0.15) is 8.75 Å². The van der Waals surface area contributed by atoms with Crippen LogP contribution >= 0.6 is 46.5 Å². The Morgan fingerprint density at radius 3 is 2.29 bits per heavy atom. The number of anilines is 3. The van der Waals surface area contributed by atoms with Crippen LogP contribution in [0.2, 0.25) is 15.1 Å². The molecular formula is C31H23Cl3N5O4S2-. The van der Waals surface area contributed by atoms with E-state index in [1.165, 1.54) is 18.2 Å². The monoisotopic (exact) mass is 698 g/mol. The largest absolute Gasteiger partial charge is 0.755 e. The minimum absolute atomic E-state index is 0.0152. The Morgan fingerprint density at radius 2 is 1.60 bits per heavy atom. The maximum absolute atomic E-state index is 13.7. The van der Waals surface area contributed by atoms with Crippen molar-refractivity contribution in [2.75, 3.05) is 16.2 Å². The highest BCUT2D eigenvalue weighted by Gasteiger charge is 2.27. The Labute approximate surface area is 280 Å². The van der Waals surface area contributed by atoms with Crippen LogP contribution in [0.4, 0.5) is 17.2 Å². The molecule has 2 amide bonds. The molecule has 1 heterocycles. The molecule has 5 aromatic rings. The smallest absolute Gasteiger partial charge is 0.253 e. The minimum Gasteiger partial charge on any atom is -0.755 e. The predicted octanol–water partition coefficient (Wildman–Crippen LogP) is 7.17. The van der Waals surface area contributed by atoms with Crippen LogP contribution in [0.5, 0.6) is 0 Å². The fourth-order valence-electron chi connectivity index (χ4n) is 4.52. The number of nitrogens with zero attached hydrogens (tertiary/aromatic N) is 3. The van der Waals surface area contributed by atoms with Crippen molar-refractivity contribution in [2.24, 2.45) is 0 Å². The van der Waals surface area contributed by atoms with E-state index in [-0.39, 0.29) is 33.7 Å². The third-order valence-corrected chi connectivity index (χ3v) is 8.88. The molecule has 1 aromatic heterocycles. The van der Waals surface area contributed by atoms with E-state index in [9.17, 15) is 18.4 Å². The molecule has 2 N–H and O–H groups in total. The number of carbonyl (C=O) groups is 2. The van der Waals surface area contributed by atoms with E-state index < -0.39 is 29.0 Å². The fraction of sp³-hybridized carbons (Fsp3) is 0.0968. The number of carbonyl (C=O) groups excluding carboxylic acids is 2. The third kappa shape index (κ3) is 8.06. The normalized spacial score (nSPS) is 12.3. The van der Waals surface area contributed by atoms with Gasteiger partial charge >= 0.3 is 0 Å². The van der Waals surface area contributed by atoms with Gasteiger partial charge in [-0.05, 0) is 53.6 Å². The second-order valence-electron chi connectivity index (χ2n) is 9.66. The number of para-hydroxylation sites is 1. The zero-order chi connectivity index (χ0) is 31.9. The molecule has 0 aliphatic carbocycles. The standard InChI is InChI=1S/C31H24Cl3N5O4S2/c32-21-12-13-23(28(17-21)39(45(42)43)29-27(37-44-38-29)15-19-7-3-1-4-8-19)30(40)35-18-24(20-11-14-25(33)26(34)16-20)31(41)36-22-9-5-2-6-10-22/h1-14,16-17,24H,15,18H2,(H,35,40)(H,36,41)(H,42,43)/p-1. The van der Waals surface area contributed by atoms with Gasteiger partial charge < -0.3 is 15.2 Å². The molecule has 0 aliphatic rings. The minimum atomic E-state index is -2.91. The van der Waals surface area contributed by atoms with Gasteiger partial charge in [-0.25, -0.2) is 0 Å². The summed E-state index contributed by atoms with van der Waals surface area (Å²) >= 11 is 16.6. The number of hydrogen-bond acceptors (Lipinski definition) is 7. The first-order valence-corrected chi connectivity index (χ1v) is 16.2. The Morgan fingerprint density at radius 1 is 0.889 bits per heavy atom. The molecule has 0 aliphatic heterocycles. The lowest BCUT2D eigenvalue weighted by Crippen LogP contribution is -2.35. The van der Waals surface area contributed by atoms with E-state index in [0.717, 1.165) is 21.6 Å². The molecule has 230 valence electrons. The average molecular weight is 700 g/mol. The number of amides is 2. The molecule has 0 fully saturated rings. The van der Waals surface area contributed by atoms with Crippen LogP contribution in [0.25, 0.3) is 0 Å². The van der Waals surface area contributed by atoms with Crippen molar-refractivity contribution in [3.63, 3.8) is 0 Å². The third-order valence-electron chi connectivity index (χ3n) is 6.69. The second-order valence-corrected chi connectivity index (χ2v) is 12.2. The highest BCUT2D eigenvalue weighted by Crippen LogP contribution is 2.35. The van der Waals surface area contributed by atoms with Crippen LogP contribution in [-0.4, -0.2) is 35.9 Å². The van der Waals surface area contributed by atoms with E-state index in [1.807, 2.05) is 36.4 Å². The van der Waals surface area contributed by atoms with Gasteiger partial charge in [0, 0.05) is 23.7 Å². The summed E-state index contributed by atoms with van der Waals surface area (Å²) in [5.74, 6) is -1.89. The lowest BCUT2D eigenvalue weighted by molar-refractivity contribution is -0.117. The van der Waals surface area contributed by atoms with Gasteiger partial charge in [-0.3, -0.25) is 18.1 Å². The van der Waals surface area contributed by atoms with E-state index in [0.29, 0.717) is 28.4 Å². The molecule has 0 spiro atoms. The summed E-state index contributed by atoms with van der Waals surface area (Å²) in [5, 5.41) is 6.37. The van der Waals surface area contributed by atoms with Crippen molar-refractivity contribution in [3.05, 3.63) is 135 Å². The van der Waals surface area contributed by atoms with Crippen molar-refractivity contribution in [1.29, 1.82) is 0 Å². The van der Waals surface area contributed by atoms with Crippen LogP contribution in [-0.2, 0) is 22.5 Å². The topological polar surface area (TPSA) is 127 Å². The molecule has 2 unspecified atom stereocenters. The number of benzene rings is 4. The quantitative estimate of drug-likeness (QED) is 0.141. The molecule has 0 saturated heterocycles. The number of hydrogen-bond donors (Lipinski definition) is 2. The van der Waals surface area contributed by atoms with Gasteiger partial charge in [0.05, 0.1) is 50.2 Å². The summed E-state index contributed by atoms with van der Waals surface area (Å²) in [6.07, 6.45) is 0.310. The van der Waals surface area contributed by atoms with Gasteiger partial charge in [0.25, 0.3) is 5.91 Å². The highest BCUT2D eigenvalue weighted by molar-refractivity contribution is 7.81. The molecule has 4 aromatic carbocycles. The van der Waals surface area contributed by atoms with Crippen molar-refractivity contribution in [2.45, 2.75) is 12.3 Å². The fourth-order valence-corrected chi connectivity index (χ4v) is 6.19. The van der Waals surface area contributed by atoms with Crippen LogP contribution in [0.3, 0.4) is 0 Å². The summed E-state index contributed by atoms with van der Waals surface area (Å²) in [6, 6.07) is 27.2. The Kier molecular flexibility index (Phi) is 10.8. The van der Waals surface area contributed by atoms with Crippen LogP contribution < -0.4 is 14.9 Å². The molecule has 0 radical (unpaired) electrons. The maximum atomic E-state index is 13.7. The molecule has 45 heavy (non-hydrogen) atoms. The lowest BCUT2D eigenvalue weighted by atomic mass is 9.97.